The highest BCUT2D eigenvalue weighted by molar-refractivity contribution is 5.86. The van der Waals surface area contributed by atoms with Gasteiger partial charge in [0.2, 0.25) is 5.91 Å². The van der Waals surface area contributed by atoms with Crippen LogP contribution in [0, 0.1) is 0 Å². The molecule has 0 radical (unpaired) electrons. The highest BCUT2D eigenvalue weighted by Crippen LogP contribution is 2.30. The molecule has 5 nitrogen and oxygen atoms in total. The first-order valence-corrected chi connectivity index (χ1v) is 8.57. The van der Waals surface area contributed by atoms with Gasteiger partial charge in [0.05, 0.1) is 6.42 Å². The molecule has 3 heterocycles. The van der Waals surface area contributed by atoms with Crippen molar-refractivity contribution >= 4 is 16.9 Å². The molecule has 0 bridgehead atoms. The van der Waals surface area contributed by atoms with E-state index in [2.05, 4.69) is 22.0 Å². The molecule has 2 aliphatic heterocycles. The summed E-state index contributed by atoms with van der Waals surface area (Å²) in [6.07, 6.45) is 5.02. The molecule has 122 valence electrons. The van der Waals surface area contributed by atoms with Crippen LogP contribution in [0.4, 0.5) is 0 Å². The summed E-state index contributed by atoms with van der Waals surface area (Å²) in [5.74, 6) is 0.187. The maximum absolute atomic E-state index is 12.9. The van der Waals surface area contributed by atoms with Crippen LogP contribution in [0.25, 0.3) is 11.0 Å². The van der Waals surface area contributed by atoms with Crippen molar-refractivity contribution < 1.29 is 9.32 Å². The Morgan fingerprint density at radius 3 is 2.83 bits per heavy atom. The van der Waals surface area contributed by atoms with Gasteiger partial charge in [0.15, 0.2) is 5.58 Å². The van der Waals surface area contributed by atoms with Gasteiger partial charge < -0.3 is 14.3 Å². The number of rotatable bonds is 3. The zero-order valence-corrected chi connectivity index (χ0v) is 13.6. The van der Waals surface area contributed by atoms with Crippen LogP contribution >= 0.6 is 0 Å². The number of benzene rings is 1. The van der Waals surface area contributed by atoms with Gasteiger partial charge in [0, 0.05) is 24.0 Å². The third kappa shape index (κ3) is 2.63. The largest absolute Gasteiger partial charge is 0.356 e. The lowest BCUT2D eigenvalue weighted by molar-refractivity contribution is -0.132. The van der Waals surface area contributed by atoms with Crippen molar-refractivity contribution in [3.05, 3.63) is 30.0 Å². The van der Waals surface area contributed by atoms with Crippen LogP contribution in [0.2, 0.25) is 0 Å². The Morgan fingerprint density at radius 2 is 2.00 bits per heavy atom. The normalized spacial score (nSPS) is 25.5. The molecule has 0 saturated carbocycles. The first kappa shape index (κ1) is 14.7. The Kier molecular flexibility index (Phi) is 3.81. The molecule has 2 aliphatic rings. The summed E-state index contributed by atoms with van der Waals surface area (Å²) < 4.78 is 5.33. The van der Waals surface area contributed by atoms with Crippen molar-refractivity contribution in [1.29, 1.82) is 0 Å². The van der Waals surface area contributed by atoms with E-state index in [4.69, 9.17) is 4.52 Å². The Morgan fingerprint density at radius 1 is 1.22 bits per heavy atom. The summed E-state index contributed by atoms with van der Waals surface area (Å²) in [6, 6.07) is 8.64. The summed E-state index contributed by atoms with van der Waals surface area (Å²) >= 11 is 0. The molecule has 2 aromatic rings. The van der Waals surface area contributed by atoms with E-state index in [9.17, 15) is 4.79 Å². The fourth-order valence-corrected chi connectivity index (χ4v) is 4.23. The van der Waals surface area contributed by atoms with Crippen molar-refractivity contribution in [3.63, 3.8) is 0 Å². The van der Waals surface area contributed by atoms with E-state index < -0.39 is 0 Å². The SMILES string of the molecule is CN1CCC[C@@H]1[C@H]1CCCN1C(=O)Cc1noc2ccccc12. The molecule has 0 unspecified atom stereocenters. The van der Waals surface area contributed by atoms with Crippen molar-refractivity contribution in [1.82, 2.24) is 15.0 Å². The van der Waals surface area contributed by atoms with Crippen molar-refractivity contribution in [2.45, 2.75) is 44.2 Å². The molecule has 0 spiro atoms. The lowest BCUT2D eigenvalue weighted by atomic mass is 10.0. The minimum Gasteiger partial charge on any atom is -0.356 e. The fraction of sp³-hybridized carbons (Fsp3) is 0.556. The number of hydrogen-bond donors (Lipinski definition) is 0. The smallest absolute Gasteiger partial charge is 0.229 e. The first-order chi connectivity index (χ1) is 11.2. The molecule has 1 aromatic carbocycles. The van der Waals surface area contributed by atoms with Crippen LogP contribution in [-0.4, -0.2) is 53.1 Å². The second-order valence-corrected chi connectivity index (χ2v) is 6.79. The minimum atomic E-state index is 0.187. The van der Waals surface area contributed by atoms with Crippen molar-refractivity contribution in [2.24, 2.45) is 0 Å². The Balaban J connectivity index is 1.52. The van der Waals surface area contributed by atoms with Crippen molar-refractivity contribution in [3.8, 4) is 0 Å². The van der Waals surface area contributed by atoms with Gasteiger partial charge in [-0.2, -0.15) is 0 Å². The van der Waals surface area contributed by atoms with Gasteiger partial charge in [-0.1, -0.05) is 17.3 Å². The number of fused-ring (bicyclic) bond motifs is 1. The molecular weight excluding hydrogens is 290 g/mol. The lowest BCUT2D eigenvalue weighted by Gasteiger charge is -2.33. The Labute approximate surface area is 136 Å². The van der Waals surface area contributed by atoms with Gasteiger partial charge in [0.25, 0.3) is 0 Å². The molecule has 0 N–H and O–H groups in total. The zero-order chi connectivity index (χ0) is 15.8. The van der Waals surface area contributed by atoms with E-state index in [0.717, 1.165) is 42.6 Å². The van der Waals surface area contributed by atoms with E-state index in [1.165, 1.54) is 12.8 Å². The second kappa shape index (κ2) is 5.96. The van der Waals surface area contributed by atoms with E-state index in [0.29, 0.717) is 18.5 Å². The predicted molar refractivity (Wildman–Crippen MR) is 88.1 cm³/mol. The molecule has 2 fully saturated rings. The third-order valence-electron chi connectivity index (χ3n) is 5.41. The molecule has 4 rings (SSSR count). The molecule has 2 atom stereocenters. The van der Waals surface area contributed by atoms with Crippen LogP contribution in [0.15, 0.2) is 28.8 Å². The van der Waals surface area contributed by atoms with Crippen LogP contribution < -0.4 is 0 Å². The average molecular weight is 313 g/mol. The number of carbonyl (C=O) groups is 1. The predicted octanol–water partition coefficient (Wildman–Crippen LogP) is 2.46. The van der Waals surface area contributed by atoms with Gasteiger partial charge in [-0.15, -0.1) is 0 Å². The summed E-state index contributed by atoms with van der Waals surface area (Å²) in [5.41, 5.74) is 1.51. The fourth-order valence-electron chi connectivity index (χ4n) is 4.23. The van der Waals surface area contributed by atoms with Gasteiger partial charge >= 0.3 is 0 Å². The standard InChI is InChI=1S/C18H23N3O2/c1-20-10-4-7-15(20)16-8-5-11-21(16)18(22)12-14-13-6-2-3-9-17(13)23-19-14/h2-3,6,9,15-16H,4-5,7-8,10-12H2,1H3/t15-,16-/m1/s1. The monoisotopic (exact) mass is 313 g/mol. The zero-order valence-electron chi connectivity index (χ0n) is 13.6. The highest BCUT2D eigenvalue weighted by atomic mass is 16.5. The number of aromatic nitrogens is 1. The number of likely N-dealkylation sites (tertiary alicyclic amines) is 2. The number of carbonyl (C=O) groups excluding carboxylic acids is 1. The van der Waals surface area contributed by atoms with Crippen LogP contribution in [0.1, 0.15) is 31.4 Å². The molecule has 5 heteroatoms. The average Bonchev–Trinajstić information content (AvgIpc) is 3.27. The number of para-hydroxylation sites is 1. The highest BCUT2D eigenvalue weighted by Gasteiger charge is 2.38. The summed E-state index contributed by atoms with van der Waals surface area (Å²) in [5, 5.41) is 5.06. The van der Waals surface area contributed by atoms with Gasteiger partial charge in [-0.3, -0.25) is 4.79 Å². The molecule has 0 aliphatic carbocycles. The van der Waals surface area contributed by atoms with Crippen molar-refractivity contribution in [2.75, 3.05) is 20.1 Å². The number of likely N-dealkylation sites (N-methyl/N-ethyl adjacent to an activating group) is 1. The summed E-state index contributed by atoms with van der Waals surface area (Å²) in [4.78, 5) is 17.4. The number of hydrogen-bond acceptors (Lipinski definition) is 4. The first-order valence-electron chi connectivity index (χ1n) is 8.57. The number of nitrogens with zero attached hydrogens (tertiary/aromatic N) is 3. The van der Waals surface area contributed by atoms with Gasteiger partial charge in [0.1, 0.15) is 5.69 Å². The Hall–Kier alpha value is -1.88. The third-order valence-corrected chi connectivity index (χ3v) is 5.41. The quantitative estimate of drug-likeness (QED) is 0.873. The second-order valence-electron chi connectivity index (χ2n) is 6.79. The molecule has 23 heavy (non-hydrogen) atoms. The molecule has 1 amide bonds. The van der Waals surface area contributed by atoms with Gasteiger partial charge in [-0.25, -0.2) is 0 Å². The maximum atomic E-state index is 12.9. The Bertz CT molecular complexity index is 711. The van der Waals surface area contributed by atoms with Crippen LogP contribution in [0.5, 0.6) is 0 Å². The van der Waals surface area contributed by atoms with E-state index >= 15 is 0 Å². The minimum absolute atomic E-state index is 0.187. The van der Waals surface area contributed by atoms with Gasteiger partial charge in [-0.05, 0) is 51.4 Å². The summed E-state index contributed by atoms with van der Waals surface area (Å²) in [6.45, 7) is 2.03. The summed E-state index contributed by atoms with van der Waals surface area (Å²) in [7, 11) is 2.18. The molecule has 1 aromatic heterocycles. The van der Waals surface area contributed by atoms with E-state index in [-0.39, 0.29) is 5.91 Å². The van der Waals surface area contributed by atoms with E-state index in [1.807, 2.05) is 24.3 Å². The van der Waals surface area contributed by atoms with Crippen LogP contribution in [-0.2, 0) is 11.2 Å². The molecule has 2 saturated heterocycles. The lowest BCUT2D eigenvalue weighted by Crippen LogP contribution is -2.47. The van der Waals surface area contributed by atoms with Crippen LogP contribution in [0.3, 0.4) is 0 Å². The molecular formula is C18H23N3O2. The topological polar surface area (TPSA) is 49.6 Å². The maximum Gasteiger partial charge on any atom is 0.229 e. The van der Waals surface area contributed by atoms with E-state index in [1.54, 1.807) is 0 Å². The number of amides is 1.